The molecule has 1 aromatic heterocycles. The minimum atomic E-state index is -4.36. The van der Waals surface area contributed by atoms with Gasteiger partial charge in [0.25, 0.3) is 15.9 Å². The third kappa shape index (κ3) is 3.79. The first-order valence-electron chi connectivity index (χ1n) is 6.48. The summed E-state index contributed by atoms with van der Waals surface area (Å²) >= 11 is 11.7. The maximum Gasteiger partial charge on any atom is 0.357 e. The Balaban J connectivity index is 2.61. The summed E-state index contributed by atoms with van der Waals surface area (Å²) in [5.41, 5.74) is -1.90. The van der Waals surface area contributed by atoms with Crippen LogP contribution >= 0.6 is 23.2 Å². The topological polar surface area (TPSA) is 156 Å². The lowest BCUT2D eigenvalue weighted by molar-refractivity contribution is 0.0640. The Hall–Kier alpha value is -2.63. The van der Waals surface area contributed by atoms with E-state index in [0.717, 1.165) is 13.2 Å². The van der Waals surface area contributed by atoms with E-state index in [4.69, 9.17) is 38.2 Å². The summed E-state index contributed by atoms with van der Waals surface area (Å²) in [6.07, 6.45) is 0. The zero-order valence-corrected chi connectivity index (χ0v) is 15.1. The number of aromatic nitrogens is 2. The number of carboxylic acids is 2. The van der Waals surface area contributed by atoms with E-state index in [-0.39, 0.29) is 10.0 Å². The molecule has 0 bridgehead atoms. The summed E-state index contributed by atoms with van der Waals surface area (Å²) in [5.74, 6) is -4.58. The van der Waals surface area contributed by atoms with Gasteiger partial charge in [-0.25, -0.2) is 28.0 Å². The van der Waals surface area contributed by atoms with Gasteiger partial charge in [-0.3, -0.25) is 4.72 Å². The number of sulfonamides is 1. The number of hydrogen-bond donors (Lipinski definition) is 3. The second kappa shape index (κ2) is 7.32. The van der Waals surface area contributed by atoms with Gasteiger partial charge in [0.1, 0.15) is 4.90 Å². The largest absolute Gasteiger partial charge is 0.478 e. The van der Waals surface area contributed by atoms with E-state index < -0.39 is 49.9 Å². The Morgan fingerprint density at radius 3 is 2.23 bits per heavy atom. The Morgan fingerprint density at radius 2 is 1.69 bits per heavy atom. The van der Waals surface area contributed by atoms with Gasteiger partial charge in [-0.05, 0) is 12.1 Å². The maximum absolute atomic E-state index is 12.5. The van der Waals surface area contributed by atoms with Crippen LogP contribution in [0.5, 0.6) is 5.88 Å². The standard InChI is InChI=1S/C13H9Cl2N3O7S/c1-25-11-10(16-8(12(19)20)9(17-11)13(21)22)18-26(23,24)6-4-2-3-5(14)7(6)15/h2-4H,1H3,(H,16,18)(H,19,20)(H,21,22). The maximum atomic E-state index is 12.5. The Morgan fingerprint density at radius 1 is 1.12 bits per heavy atom. The molecule has 1 aromatic carbocycles. The fraction of sp³-hybridized carbons (Fsp3) is 0.0769. The van der Waals surface area contributed by atoms with Crippen LogP contribution in [0.1, 0.15) is 21.0 Å². The zero-order chi connectivity index (χ0) is 19.6. The van der Waals surface area contributed by atoms with E-state index >= 15 is 0 Å². The molecule has 26 heavy (non-hydrogen) atoms. The zero-order valence-electron chi connectivity index (χ0n) is 12.7. The van der Waals surface area contributed by atoms with E-state index in [2.05, 4.69) is 9.97 Å². The summed E-state index contributed by atoms with van der Waals surface area (Å²) in [7, 11) is -3.29. The minimum absolute atomic E-state index is 0.0277. The summed E-state index contributed by atoms with van der Waals surface area (Å²) in [6, 6.07) is 3.86. The molecule has 0 aliphatic rings. The summed E-state index contributed by atoms with van der Waals surface area (Å²) < 4.78 is 31.8. The van der Waals surface area contributed by atoms with Gasteiger partial charge in [0.2, 0.25) is 5.82 Å². The van der Waals surface area contributed by atoms with Crippen molar-refractivity contribution >= 4 is 51.0 Å². The third-order valence-electron chi connectivity index (χ3n) is 2.90. The number of ether oxygens (including phenoxy) is 1. The molecule has 10 nitrogen and oxygen atoms in total. The van der Waals surface area contributed by atoms with Crippen LogP contribution in [-0.2, 0) is 10.0 Å². The lowest BCUT2D eigenvalue weighted by Gasteiger charge is -2.13. The third-order valence-corrected chi connectivity index (χ3v) is 5.21. The molecule has 0 fully saturated rings. The van der Waals surface area contributed by atoms with Crippen LogP contribution in [0.4, 0.5) is 5.82 Å². The Bertz CT molecular complexity index is 1010. The molecular weight excluding hydrogens is 413 g/mol. The molecule has 0 saturated carbocycles. The van der Waals surface area contributed by atoms with Gasteiger partial charge in [-0.2, -0.15) is 0 Å². The average Bonchev–Trinajstić information content (AvgIpc) is 2.56. The minimum Gasteiger partial charge on any atom is -0.478 e. The molecule has 138 valence electrons. The highest BCUT2D eigenvalue weighted by Gasteiger charge is 2.27. The smallest absolute Gasteiger partial charge is 0.357 e. The van der Waals surface area contributed by atoms with Gasteiger partial charge in [0, 0.05) is 0 Å². The van der Waals surface area contributed by atoms with Gasteiger partial charge in [-0.1, -0.05) is 29.3 Å². The number of halogens is 2. The van der Waals surface area contributed by atoms with Gasteiger partial charge in [-0.15, -0.1) is 0 Å². The van der Waals surface area contributed by atoms with Crippen LogP contribution in [0, 0.1) is 0 Å². The molecule has 1 heterocycles. The molecule has 0 saturated heterocycles. The second-order valence-corrected chi connectivity index (χ2v) is 6.98. The highest BCUT2D eigenvalue weighted by atomic mass is 35.5. The highest BCUT2D eigenvalue weighted by molar-refractivity contribution is 7.92. The number of benzene rings is 1. The monoisotopic (exact) mass is 421 g/mol. The van der Waals surface area contributed by atoms with Crippen LogP contribution in [0.25, 0.3) is 0 Å². The molecule has 2 rings (SSSR count). The van der Waals surface area contributed by atoms with E-state index in [9.17, 15) is 18.0 Å². The summed E-state index contributed by atoms with van der Waals surface area (Å²) in [5, 5.41) is 17.8. The van der Waals surface area contributed by atoms with Crippen molar-refractivity contribution in [3.63, 3.8) is 0 Å². The fourth-order valence-electron chi connectivity index (χ4n) is 1.80. The van der Waals surface area contributed by atoms with E-state index in [1.54, 1.807) is 0 Å². The first-order chi connectivity index (χ1) is 12.1. The number of nitrogens with one attached hydrogen (secondary N) is 1. The van der Waals surface area contributed by atoms with Gasteiger partial charge in [0.05, 0.1) is 17.2 Å². The molecule has 0 spiro atoms. The number of aromatic carboxylic acids is 2. The Labute approximate surface area is 156 Å². The molecular formula is C13H9Cl2N3O7S. The highest BCUT2D eigenvalue weighted by Crippen LogP contribution is 2.31. The van der Waals surface area contributed by atoms with Crippen molar-refractivity contribution in [2.24, 2.45) is 0 Å². The van der Waals surface area contributed by atoms with E-state index in [1.165, 1.54) is 12.1 Å². The van der Waals surface area contributed by atoms with Crippen LogP contribution < -0.4 is 9.46 Å². The van der Waals surface area contributed by atoms with Crippen molar-refractivity contribution in [2.45, 2.75) is 4.90 Å². The van der Waals surface area contributed by atoms with Crippen molar-refractivity contribution in [3.8, 4) is 5.88 Å². The van der Waals surface area contributed by atoms with Crippen molar-refractivity contribution in [3.05, 3.63) is 39.6 Å². The summed E-state index contributed by atoms with van der Waals surface area (Å²) in [4.78, 5) is 28.9. The lowest BCUT2D eigenvalue weighted by Crippen LogP contribution is -2.20. The SMILES string of the molecule is COc1nc(C(=O)O)c(C(=O)O)nc1NS(=O)(=O)c1cccc(Cl)c1Cl. The van der Waals surface area contributed by atoms with Crippen LogP contribution in [0.3, 0.4) is 0 Å². The van der Waals surface area contributed by atoms with Crippen LogP contribution in [-0.4, -0.2) is 47.6 Å². The molecule has 2 aromatic rings. The molecule has 0 unspecified atom stereocenters. The number of rotatable bonds is 6. The fourth-order valence-corrected chi connectivity index (χ4v) is 3.56. The van der Waals surface area contributed by atoms with E-state index in [1.807, 2.05) is 4.72 Å². The number of carbonyl (C=O) groups is 2. The van der Waals surface area contributed by atoms with Crippen molar-refractivity contribution in [2.75, 3.05) is 11.8 Å². The molecule has 0 aliphatic carbocycles. The van der Waals surface area contributed by atoms with Crippen molar-refractivity contribution in [1.82, 2.24) is 9.97 Å². The molecule has 0 radical (unpaired) electrons. The number of nitrogens with zero attached hydrogens (tertiary/aromatic N) is 2. The normalized spacial score (nSPS) is 11.0. The number of anilines is 1. The van der Waals surface area contributed by atoms with Crippen LogP contribution in [0.2, 0.25) is 10.0 Å². The summed E-state index contributed by atoms with van der Waals surface area (Å²) in [6.45, 7) is 0. The van der Waals surface area contributed by atoms with Gasteiger partial charge >= 0.3 is 11.9 Å². The molecule has 13 heteroatoms. The predicted molar refractivity (Wildman–Crippen MR) is 89.8 cm³/mol. The first kappa shape index (κ1) is 19.7. The average molecular weight is 422 g/mol. The van der Waals surface area contributed by atoms with Gasteiger partial charge < -0.3 is 14.9 Å². The van der Waals surface area contributed by atoms with Crippen LogP contribution in [0.15, 0.2) is 23.1 Å². The predicted octanol–water partition coefficient (Wildman–Crippen LogP) is 1.99. The van der Waals surface area contributed by atoms with Crippen molar-refractivity contribution in [1.29, 1.82) is 0 Å². The number of carboxylic acid groups (broad SMARTS) is 2. The van der Waals surface area contributed by atoms with Gasteiger partial charge in [0.15, 0.2) is 11.4 Å². The molecule has 0 aliphatic heterocycles. The number of hydrogen-bond acceptors (Lipinski definition) is 7. The Kier molecular flexibility index (Phi) is 5.54. The molecule has 0 atom stereocenters. The quantitative estimate of drug-likeness (QED) is 0.634. The first-order valence-corrected chi connectivity index (χ1v) is 8.71. The molecule has 3 N–H and O–H groups in total. The lowest BCUT2D eigenvalue weighted by atomic mass is 10.3. The van der Waals surface area contributed by atoms with Crippen molar-refractivity contribution < 1.29 is 33.0 Å². The van der Waals surface area contributed by atoms with E-state index in [0.29, 0.717) is 0 Å². The number of methoxy groups -OCH3 is 1. The molecule has 0 amide bonds. The second-order valence-electron chi connectivity index (χ2n) is 4.55.